The second kappa shape index (κ2) is 5.29. The molecule has 0 heterocycles. The van der Waals surface area contributed by atoms with E-state index in [0.717, 1.165) is 16.3 Å². The molecule has 3 aromatic rings. The average Bonchev–Trinajstić information content (AvgIpc) is 2.51. The van der Waals surface area contributed by atoms with Crippen LogP contribution in [-0.2, 0) is 0 Å². The van der Waals surface area contributed by atoms with Crippen molar-refractivity contribution in [2.45, 2.75) is 6.92 Å². The lowest BCUT2D eigenvalue weighted by atomic mass is 10.1. The van der Waals surface area contributed by atoms with Crippen molar-refractivity contribution in [3.8, 4) is 5.75 Å². The summed E-state index contributed by atoms with van der Waals surface area (Å²) in [7, 11) is 0. The zero-order chi connectivity index (χ0) is 14.8. The Labute approximate surface area is 122 Å². The van der Waals surface area contributed by atoms with Gasteiger partial charge in [-0.05, 0) is 31.2 Å². The molecule has 0 bridgehead atoms. The van der Waals surface area contributed by atoms with Gasteiger partial charge in [0.2, 0.25) is 0 Å². The van der Waals surface area contributed by atoms with Gasteiger partial charge in [-0.2, -0.15) is 0 Å². The van der Waals surface area contributed by atoms with Gasteiger partial charge in [-0.1, -0.05) is 42.0 Å². The molecule has 0 unspecified atom stereocenters. The molecule has 0 atom stereocenters. The van der Waals surface area contributed by atoms with Crippen LogP contribution in [0.4, 0.5) is 5.69 Å². The van der Waals surface area contributed by atoms with Crippen LogP contribution < -0.4 is 5.32 Å². The fraction of sp³-hybridized carbons (Fsp3) is 0.0556. The highest BCUT2D eigenvalue weighted by Gasteiger charge is 2.09. The van der Waals surface area contributed by atoms with E-state index in [1.165, 1.54) is 0 Å². The number of hydrogen-bond donors (Lipinski definition) is 2. The highest BCUT2D eigenvalue weighted by atomic mass is 16.3. The first-order chi connectivity index (χ1) is 10.1. The minimum absolute atomic E-state index is 0.161. The Morgan fingerprint density at radius 2 is 1.57 bits per heavy atom. The van der Waals surface area contributed by atoms with Crippen molar-refractivity contribution in [1.29, 1.82) is 0 Å². The summed E-state index contributed by atoms with van der Waals surface area (Å²) in [5.41, 5.74) is 2.41. The number of phenolic OH excluding ortho intramolecular Hbond substituents is 1. The summed E-state index contributed by atoms with van der Waals surface area (Å²) < 4.78 is 0. The summed E-state index contributed by atoms with van der Waals surface area (Å²) in [6.45, 7) is 1.98. The Kier molecular flexibility index (Phi) is 3.32. The number of rotatable bonds is 2. The Balaban J connectivity index is 1.97. The number of aromatic hydroxyl groups is 1. The van der Waals surface area contributed by atoms with E-state index in [9.17, 15) is 9.90 Å². The topological polar surface area (TPSA) is 49.3 Å². The molecular formula is C18H15NO2. The number of hydrogen-bond acceptors (Lipinski definition) is 2. The van der Waals surface area contributed by atoms with Crippen LogP contribution in [0.5, 0.6) is 5.75 Å². The molecule has 1 amide bonds. The third-order valence-electron chi connectivity index (χ3n) is 3.46. The van der Waals surface area contributed by atoms with Crippen LogP contribution in [0.1, 0.15) is 15.9 Å². The van der Waals surface area contributed by atoms with Crippen molar-refractivity contribution in [1.82, 2.24) is 0 Å². The molecule has 3 aromatic carbocycles. The van der Waals surface area contributed by atoms with E-state index < -0.39 is 0 Å². The molecule has 2 N–H and O–H groups in total. The largest absolute Gasteiger partial charge is 0.507 e. The van der Waals surface area contributed by atoms with Gasteiger partial charge >= 0.3 is 0 Å². The molecule has 104 valence electrons. The van der Waals surface area contributed by atoms with E-state index in [1.54, 1.807) is 24.3 Å². The van der Waals surface area contributed by atoms with Crippen molar-refractivity contribution in [3.05, 3.63) is 71.8 Å². The summed E-state index contributed by atoms with van der Waals surface area (Å²) >= 11 is 0. The molecule has 0 fully saturated rings. The quantitative estimate of drug-likeness (QED) is 0.693. The number of phenols is 1. The number of nitrogens with one attached hydrogen (secondary N) is 1. The van der Waals surface area contributed by atoms with E-state index in [-0.39, 0.29) is 11.7 Å². The molecule has 3 heteroatoms. The normalized spacial score (nSPS) is 10.5. The van der Waals surface area contributed by atoms with E-state index in [2.05, 4.69) is 5.32 Å². The van der Waals surface area contributed by atoms with Gasteiger partial charge in [0.25, 0.3) is 5.91 Å². The highest BCUT2D eigenvalue weighted by molar-refractivity contribution is 6.10. The molecule has 21 heavy (non-hydrogen) atoms. The Morgan fingerprint density at radius 1 is 0.905 bits per heavy atom. The number of amides is 1. The average molecular weight is 277 g/mol. The summed E-state index contributed by atoms with van der Waals surface area (Å²) in [6, 6.07) is 18.1. The molecule has 3 rings (SSSR count). The van der Waals surface area contributed by atoms with Gasteiger partial charge in [-0.15, -0.1) is 0 Å². The predicted octanol–water partition coefficient (Wildman–Crippen LogP) is 4.11. The Hall–Kier alpha value is -2.81. The molecule has 0 radical (unpaired) electrons. The summed E-state index contributed by atoms with van der Waals surface area (Å²) in [6.07, 6.45) is 0. The van der Waals surface area contributed by atoms with Crippen molar-refractivity contribution < 1.29 is 9.90 Å². The van der Waals surface area contributed by atoms with E-state index >= 15 is 0 Å². The van der Waals surface area contributed by atoms with Gasteiger partial charge in [0.1, 0.15) is 5.75 Å². The zero-order valence-electron chi connectivity index (χ0n) is 11.6. The van der Waals surface area contributed by atoms with Crippen LogP contribution in [0.25, 0.3) is 10.8 Å². The third-order valence-corrected chi connectivity index (χ3v) is 3.46. The van der Waals surface area contributed by atoms with Crippen molar-refractivity contribution in [2.24, 2.45) is 0 Å². The monoisotopic (exact) mass is 277 g/mol. The smallest absolute Gasteiger partial charge is 0.255 e. The van der Waals surface area contributed by atoms with Crippen molar-refractivity contribution in [3.63, 3.8) is 0 Å². The fourth-order valence-corrected chi connectivity index (χ4v) is 2.29. The van der Waals surface area contributed by atoms with Crippen molar-refractivity contribution >= 4 is 22.4 Å². The predicted molar refractivity (Wildman–Crippen MR) is 84.7 cm³/mol. The van der Waals surface area contributed by atoms with Gasteiger partial charge in [0.15, 0.2) is 0 Å². The number of benzene rings is 3. The standard InChI is InChI=1S/C18H15NO2/c1-12-6-8-13(9-7-12)18(21)19-16-10-11-17(20)15-5-3-2-4-14(15)16/h2-11,20H,1H3,(H,19,21). The summed E-state index contributed by atoms with van der Waals surface area (Å²) in [5, 5.41) is 14.3. The SMILES string of the molecule is Cc1ccc(C(=O)Nc2ccc(O)c3ccccc23)cc1. The van der Waals surface area contributed by atoms with E-state index in [1.807, 2.05) is 43.3 Å². The molecule has 0 saturated heterocycles. The molecule has 0 spiro atoms. The Morgan fingerprint density at radius 3 is 2.29 bits per heavy atom. The highest BCUT2D eigenvalue weighted by Crippen LogP contribution is 2.30. The fourth-order valence-electron chi connectivity index (χ4n) is 2.29. The maximum Gasteiger partial charge on any atom is 0.255 e. The van der Waals surface area contributed by atoms with Gasteiger partial charge in [-0.25, -0.2) is 0 Å². The van der Waals surface area contributed by atoms with Crippen molar-refractivity contribution in [2.75, 3.05) is 5.32 Å². The van der Waals surface area contributed by atoms with Crippen LogP contribution in [0.3, 0.4) is 0 Å². The van der Waals surface area contributed by atoms with E-state index in [0.29, 0.717) is 11.3 Å². The molecule has 0 aliphatic heterocycles. The lowest BCUT2D eigenvalue weighted by Crippen LogP contribution is -2.12. The number of carbonyl (C=O) groups is 1. The van der Waals surface area contributed by atoms with Gasteiger partial charge < -0.3 is 10.4 Å². The number of anilines is 1. The van der Waals surface area contributed by atoms with Crippen LogP contribution in [0.15, 0.2) is 60.7 Å². The minimum atomic E-state index is -0.161. The first-order valence-electron chi connectivity index (χ1n) is 6.74. The van der Waals surface area contributed by atoms with Crippen LogP contribution in [-0.4, -0.2) is 11.0 Å². The first kappa shape index (κ1) is 13.2. The summed E-state index contributed by atoms with van der Waals surface area (Å²) in [4.78, 5) is 12.3. The second-order valence-corrected chi connectivity index (χ2v) is 5.00. The lowest BCUT2D eigenvalue weighted by molar-refractivity contribution is 0.102. The van der Waals surface area contributed by atoms with Crippen LogP contribution in [0, 0.1) is 6.92 Å². The zero-order valence-corrected chi connectivity index (χ0v) is 11.6. The molecule has 0 saturated carbocycles. The lowest BCUT2D eigenvalue weighted by Gasteiger charge is -2.10. The maximum atomic E-state index is 12.3. The van der Waals surface area contributed by atoms with Crippen LogP contribution in [0.2, 0.25) is 0 Å². The Bertz CT molecular complexity index is 807. The number of aryl methyl sites for hydroxylation is 1. The number of carbonyl (C=O) groups excluding carboxylic acids is 1. The maximum absolute atomic E-state index is 12.3. The molecule has 0 aromatic heterocycles. The van der Waals surface area contributed by atoms with Crippen LogP contribution >= 0.6 is 0 Å². The van der Waals surface area contributed by atoms with Gasteiger partial charge in [-0.3, -0.25) is 4.79 Å². The molecule has 0 aliphatic rings. The molecule has 3 nitrogen and oxygen atoms in total. The number of fused-ring (bicyclic) bond motifs is 1. The van der Waals surface area contributed by atoms with Gasteiger partial charge in [0, 0.05) is 22.0 Å². The minimum Gasteiger partial charge on any atom is -0.507 e. The third kappa shape index (κ3) is 2.58. The molecule has 0 aliphatic carbocycles. The van der Waals surface area contributed by atoms with Gasteiger partial charge in [0.05, 0.1) is 0 Å². The first-order valence-corrected chi connectivity index (χ1v) is 6.74. The molecular weight excluding hydrogens is 262 g/mol. The van der Waals surface area contributed by atoms with E-state index in [4.69, 9.17) is 0 Å². The second-order valence-electron chi connectivity index (χ2n) is 5.00. The summed E-state index contributed by atoms with van der Waals surface area (Å²) in [5.74, 6) is 0.0461.